The lowest BCUT2D eigenvalue weighted by Gasteiger charge is -2.42. The molecule has 1 unspecified atom stereocenters. The molecule has 84 heavy (non-hydrogen) atoms. The number of epoxide rings is 1. The molecule has 23 nitrogen and oxygen atoms in total. The van der Waals surface area contributed by atoms with Crippen molar-refractivity contribution < 1.29 is 71.9 Å². The number of carbonyl (C=O) groups is 8. The third-order valence-electron chi connectivity index (χ3n) is 15.1. The highest BCUT2D eigenvalue weighted by atomic mass is 79.9. The van der Waals surface area contributed by atoms with E-state index in [0.717, 1.165) is 11.1 Å². The minimum atomic E-state index is -1.90. The molecule has 464 valence electrons. The molecule has 4 bridgehead atoms. The molecule has 3 aliphatic rings. The number of ether oxygens (including phenoxy) is 6. The standard InChI is InChI=1S/C58H81Br2ClN8O15/c1-31(2)49(67-46(70)19-12-11-16-34(5)81-53(74)37(29-59)30-60)52(73)65-40(17-14-22-63-54(62)75)51(72)64-38-20-21-39(33(4)24-38)66-55(76)83-45-27-47(71)69(8)41-25-36(26-42(79-9)48(41)61)23-32(3)15-13-18-44(80-10)58(78)28-43(82-56(77)68-58)35(6)50-57(45,7)84-50/h13,15,18,20-21,24-26,31,34-35,37,40,43-45,49-50,78H,11-12,14,16-17,19,22-23,27-30H2,1-10H3,(H,64,72)(H,65,73)(H,66,76)(H,67,70)(H,68,77)(H3,62,63,75)/b18-13+,32-15+/t34?,35-,40+,43+,44-,45+,49+,50+,57+,58+/m1/s1. The molecule has 8 amide bonds. The predicted octanol–water partition coefficient (Wildman–Crippen LogP) is 7.59. The molecule has 0 aromatic heterocycles. The van der Waals surface area contributed by atoms with E-state index in [9.17, 15) is 43.5 Å². The molecule has 2 aromatic carbocycles. The molecule has 0 spiro atoms. The van der Waals surface area contributed by atoms with Crippen LogP contribution in [0.4, 0.5) is 31.4 Å². The van der Waals surface area contributed by atoms with Crippen LogP contribution in [0.5, 0.6) is 5.75 Å². The van der Waals surface area contributed by atoms with Crippen molar-refractivity contribution in [1.29, 1.82) is 0 Å². The minimum Gasteiger partial charge on any atom is -0.495 e. The summed E-state index contributed by atoms with van der Waals surface area (Å²) >= 11 is 13.5. The van der Waals surface area contributed by atoms with Crippen LogP contribution in [0.1, 0.15) is 104 Å². The van der Waals surface area contributed by atoms with Gasteiger partial charge in [0.05, 0.1) is 37.3 Å². The first kappa shape index (κ1) is 68.8. The van der Waals surface area contributed by atoms with E-state index in [1.54, 1.807) is 78.9 Å². The number of amides is 8. The van der Waals surface area contributed by atoms with Crippen LogP contribution in [0, 0.1) is 24.7 Å². The summed E-state index contributed by atoms with van der Waals surface area (Å²) in [7, 11) is 4.41. The number of allylic oxidation sites excluding steroid dienone is 3. The molecule has 2 aromatic rings. The van der Waals surface area contributed by atoms with Crippen LogP contribution in [0.3, 0.4) is 0 Å². The van der Waals surface area contributed by atoms with E-state index >= 15 is 0 Å². The number of nitrogens with two attached hydrogens (primary N) is 1. The molecular formula is C58H81Br2ClN8O15. The number of anilines is 3. The van der Waals surface area contributed by atoms with Crippen molar-refractivity contribution in [3.63, 3.8) is 0 Å². The summed E-state index contributed by atoms with van der Waals surface area (Å²) in [5, 5.41) is 29.1. The first-order valence-corrected chi connectivity index (χ1v) is 30.5. The second-order valence-electron chi connectivity index (χ2n) is 22.1. The topological polar surface area (TPSA) is 317 Å². The molecule has 9 N–H and O–H groups in total. The number of esters is 1. The lowest BCUT2D eigenvalue weighted by Crippen LogP contribution is -2.63. The van der Waals surface area contributed by atoms with Gasteiger partial charge >= 0.3 is 24.2 Å². The van der Waals surface area contributed by atoms with Gasteiger partial charge in [-0.05, 0) is 114 Å². The smallest absolute Gasteiger partial charge is 0.412 e. The molecule has 0 radical (unpaired) electrons. The van der Waals surface area contributed by atoms with Crippen molar-refractivity contribution in [2.24, 2.45) is 23.5 Å². The monoisotopic (exact) mass is 1320 g/mol. The summed E-state index contributed by atoms with van der Waals surface area (Å²) in [5.41, 5.74) is 5.06. The fourth-order valence-corrected chi connectivity index (χ4v) is 12.0. The zero-order valence-electron chi connectivity index (χ0n) is 49.2. The Morgan fingerprint density at radius 2 is 1.69 bits per heavy atom. The number of nitrogens with zero attached hydrogens (tertiary/aromatic N) is 1. The molecule has 3 heterocycles. The van der Waals surface area contributed by atoms with Gasteiger partial charge < -0.3 is 65.4 Å². The Kier molecular flexibility index (Phi) is 25.7. The largest absolute Gasteiger partial charge is 0.495 e. The minimum absolute atomic E-state index is 0.0691. The van der Waals surface area contributed by atoms with Gasteiger partial charge in [-0.3, -0.25) is 34.6 Å². The number of unbranched alkanes of at least 4 members (excludes halogenated alkanes) is 1. The first-order chi connectivity index (χ1) is 39.7. The van der Waals surface area contributed by atoms with Gasteiger partial charge in [0.2, 0.25) is 23.6 Å². The number of hydrogen-bond donors (Lipinski definition) is 8. The first-order valence-electron chi connectivity index (χ1n) is 27.9. The maximum atomic E-state index is 14.4. The van der Waals surface area contributed by atoms with Crippen LogP contribution in [0.15, 0.2) is 54.1 Å². The van der Waals surface area contributed by atoms with Crippen LogP contribution in [0.2, 0.25) is 5.02 Å². The molecule has 0 saturated carbocycles. The summed E-state index contributed by atoms with van der Waals surface area (Å²) in [5.74, 6) is -3.38. The number of carbonyl (C=O) groups excluding carboxylic acids is 8. The van der Waals surface area contributed by atoms with E-state index in [4.69, 9.17) is 45.8 Å². The van der Waals surface area contributed by atoms with Gasteiger partial charge in [0.25, 0.3) is 0 Å². The van der Waals surface area contributed by atoms with Crippen molar-refractivity contribution in [1.82, 2.24) is 21.3 Å². The second-order valence-corrected chi connectivity index (χ2v) is 23.8. The number of rotatable bonds is 23. The van der Waals surface area contributed by atoms with Gasteiger partial charge in [0, 0.05) is 61.5 Å². The van der Waals surface area contributed by atoms with E-state index in [1.165, 1.54) is 31.3 Å². The molecule has 0 aliphatic carbocycles. The molecule has 2 fully saturated rings. The van der Waals surface area contributed by atoms with E-state index in [2.05, 4.69) is 63.8 Å². The predicted molar refractivity (Wildman–Crippen MR) is 323 cm³/mol. The van der Waals surface area contributed by atoms with Crippen molar-refractivity contribution in [3.05, 3.63) is 70.3 Å². The van der Waals surface area contributed by atoms with Crippen molar-refractivity contribution in [3.8, 4) is 5.75 Å². The zero-order chi connectivity index (χ0) is 62.2. The number of halogens is 3. The molecule has 26 heteroatoms. The number of alkyl carbamates (subject to hydrolysis) is 1. The quantitative estimate of drug-likeness (QED) is 0.0175. The normalized spacial score (nSPS) is 24.5. The number of benzene rings is 2. The lowest BCUT2D eigenvalue weighted by molar-refractivity contribution is -0.152. The summed E-state index contributed by atoms with van der Waals surface area (Å²) in [6.07, 6.45) is 0.982. The highest BCUT2D eigenvalue weighted by molar-refractivity contribution is 9.09. The number of methoxy groups -OCH3 is 2. The second kappa shape index (κ2) is 31.4. The van der Waals surface area contributed by atoms with Gasteiger partial charge in [-0.2, -0.15) is 0 Å². The Bertz CT molecular complexity index is 2770. The number of primary amides is 1. The van der Waals surface area contributed by atoms with Crippen LogP contribution in [-0.2, 0) is 54.1 Å². The third-order valence-corrected chi connectivity index (χ3v) is 17.0. The van der Waals surface area contributed by atoms with Crippen molar-refractivity contribution in [2.75, 3.05) is 54.0 Å². The number of aryl methyl sites for hydroxylation is 1. The maximum absolute atomic E-state index is 14.4. The van der Waals surface area contributed by atoms with E-state index < -0.39 is 96.1 Å². The summed E-state index contributed by atoms with van der Waals surface area (Å²) in [6, 6.07) is 5.25. The zero-order valence-corrected chi connectivity index (χ0v) is 53.1. The van der Waals surface area contributed by atoms with Crippen molar-refractivity contribution >= 4 is 108 Å². The molecular weight excluding hydrogens is 1240 g/mol. The van der Waals surface area contributed by atoms with E-state index in [-0.39, 0.29) is 72.8 Å². The SMILES string of the molecule is COc1cc2cc(c1Cl)N(C)C(=O)C[C@H](OC(=O)Nc1ccc(NC(=O)[C@H](CCCNC(N)=O)NC(=O)[C@@H](NC(=O)CCCCC(C)OC(=O)C(CBr)CBr)C(C)C)cc1C)[C@]1(C)O[C@H]1[C@H](C)[C@@H]1C[C@@](O)(NC(=O)O1)[C@H](OC)/C=C/C=C(\C)C2. The molecule has 3 aliphatic heterocycles. The maximum Gasteiger partial charge on any atom is 0.412 e. The van der Waals surface area contributed by atoms with Crippen LogP contribution in [0.25, 0.3) is 0 Å². The lowest BCUT2D eigenvalue weighted by atomic mass is 9.83. The summed E-state index contributed by atoms with van der Waals surface area (Å²) in [6.45, 7) is 12.4. The van der Waals surface area contributed by atoms with Gasteiger partial charge in [-0.1, -0.05) is 88.0 Å². The third kappa shape index (κ3) is 19.0. The van der Waals surface area contributed by atoms with Crippen molar-refractivity contribution in [2.45, 2.75) is 160 Å². The highest BCUT2D eigenvalue weighted by Crippen LogP contribution is 2.49. The Labute approximate surface area is 512 Å². The van der Waals surface area contributed by atoms with Crippen LogP contribution < -0.4 is 47.3 Å². The van der Waals surface area contributed by atoms with Gasteiger partial charge in [-0.25, -0.2) is 14.4 Å². The fraction of sp³-hybridized carbons (Fsp3) is 0.586. The number of alkyl halides is 2. The van der Waals surface area contributed by atoms with Crippen LogP contribution in [-0.4, -0.2) is 145 Å². The molecule has 2 saturated heterocycles. The number of nitrogens with one attached hydrogen (secondary N) is 6. The van der Waals surface area contributed by atoms with Crippen LogP contribution >= 0.6 is 43.5 Å². The molecule has 10 atom stereocenters. The number of aliphatic hydroxyl groups is 1. The van der Waals surface area contributed by atoms with E-state index in [1.807, 2.05) is 13.0 Å². The van der Waals surface area contributed by atoms with Gasteiger partial charge in [0.15, 0.2) is 5.72 Å². The molecule has 5 rings (SSSR count). The summed E-state index contributed by atoms with van der Waals surface area (Å²) in [4.78, 5) is 108. The number of hydrogen-bond acceptors (Lipinski definition) is 15. The number of urea groups is 1. The fourth-order valence-electron chi connectivity index (χ4n) is 10.1. The highest BCUT2D eigenvalue weighted by Gasteiger charge is 2.64. The Balaban J connectivity index is 1.32. The van der Waals surface area contributed by atoms with Gasteiger partial charge in [-0.15, -0.1) is 0 Å². The van der Waals surface area contributed by atoms with Gasteiger partial charge in [0.1, 0.15) is 46.8 Å². The average Bonchev–Trinajstić information content (AvgIpc) is 1.69. The number of fused-ring (bicyclic) bond motifs is 5. The average molecular weight is 1330 g/mol. The Hall–Kier alpha value is -5.99. The Morgan fingerprint density at radius 3 is 2.33 bits per heavy atom. The van der Waals surface area contributed by atoms with E-state index in [0.29, 0.717) is 59.0 Å². The summed E-state index contributed by atoms with van der Waals surface area (Å²) < 4.78 is 35.0. The Morgan fingerprint density at radius 1 is 0.976 bits per heavy atom.